The van der Waals surface area contributed by atoms with Gasteiger partial charge in [-0.05, 0) is 74.2 Å². The number of hydrogen-bond acceptors (Lipinski definition) is 4. The Balaban J connectivity index is 1.66. The van der Waals surface area contributed by atoms with Crippen molar-refractivity contribution >= 4 is 11.6 Å². The molecular weight excluding hydrogens is 304 g/mol. The quantitative estimate of drug-likeness (QED) is 0.814. The summed E-state index contributed by atoms with van der Waals surface area (Å²) in [6, 6.07) is 0. The van der Waals surface area contributed by atoms with Gasteiger partial charge in [0.05, 0.1) is 5.60 Å². The highest BCUT2D eigenvalue weighted by atomic mass is 16.3. The molecule has 4 nitrogen and oxygen atoms in total. The van der Waals surface area contributed by atoms with E-state index in [1.54, 1.807) is 0 Å². The van der Waals surface area contributed by atoms with Gasteiger partial charge in [0.2, 0.25) is 0 Å². The van der Waals surface area contributed by atoms with E-state index in [0.717, 1.165) is 38.5 Å². The summed E-state index contributed by atoms with van der Waals surface area (Å²) in [6.07, 6.45) is 8.39. The van der Waals surface area contributed by atoms with Crippen LogP contribution in [-0.4, -0.2) is 34.0 Å². The predicted molar refractivity (Wildman–Crippen MR) is 89.1 cm³/mol. The fourth-order valence-electron chi connectivity index (χ4n) is 6.86. The summed E-state index contributed by atoms with van der Waals surface area (Å²) in [5.41, 5.74) is 0.363. The number of allylic oxidation sites excluding steroid dienone is 1. The van der Waals surface area contributed by atoms with Crippen molar-refractivity contribution in [2.24, 2.45) is 29.1 Å². The van der Waals surface area contributed by atoms with Crippen molar-refractivity contribution in [1.29, 1.82) is 0 Å². The maximum atomic E-state index is 12.2. The highest BCUT2D eigenvalue weighted by molar-refractivity contribution is 5.91. The molecule has 4 aliphatic rings. The number of aliphatic hydroxyl groups is 2. The molecule has 3 fully saturated rings. The van der Waals surface area contributed by atoms with Gasteiger partial charge < -0.3 is 10.2 Å². The summed E-state index contributed by atoms with van der Waals surface area (Å²) in [6.45, 7) is 1.78. The molecule has 2 N–H and O–H groups in total. The van der Waals surface area contributed by atoms with E-state index in [0.29, 0.717) is 18.8 Å². The molecule has 6 atom stereocenters. The van der Waals surface area contributed by atoms with Gasteiger partial charge in [0.1, 0.15) is 6.61 Å². The van der Waals surface area contributed by atoms with Gasteiger partial charge >= 0.3 is 0 Å². The minimum atomic E-state index is -0.708. The van der Waals surface area contributed by atoms with E-state index < -0.39 is 5.60 Å². The van der Waals surface area contributed by atoms with Gasteiger partial charge in [-0.3, -0.25) is 9.59 Å². The highest BCUT2D eigenvalue weighted by Gasteiger charge is 2.63. The van der Waals surface area contributed by atoms with Crippen molar-refractivity contribution in [3.05, 3.63) is 11.6 Å². The Kier molecular flexibility index (Phi) is 3.77. The maximum Gasteiger partial charge on any atom is 0.161 e. The lowest BCUT2D eigenvalue weighted by Gasteiger charge is -2.58. The molecule has 24 heavy (non-hydrogen) atoms. The predicted octanol–water partition coefficient (Wildman–Crippen LogP) is 2.42. The molecule has 0 radical (unpaired) electrons. The van der Waals surface area contributed by atoms with Gasteiger partial charge in [0.15, 0.2) is 11.6 Å². The zero-order chi connectivity index (χ0) is 17.1. The summed E-state index contributed by atoms with van der Waals surface area (Å²) in [5, 5.41) is 21.0. The molecule has 0 bridgehead atoms. The van der Waals surface area contributed by atoms with Crippen LogP contribution in [0.3, 0.4) is 0 Å². The molecule has 0 aromatic rings. The maximum absolute atomic E-state index is 12.2. The summed E-state index contributed by atoms with van der Waals surface area (Å²) < 4.78 is 0. The van der Waals surface area contributed by atoms with Crippen molar-refractivity contribution in [1.82, 2.24) is 0 Å². The smallest absolute Gasteiger partial charge is 0.161 e. The summed E-state index contributed by atoms with van der Waals surface area (Å²) in [7, 11) is 0. The van der Waals surface area contributed by atoms with Crippen LogP contribution < -0.4 is 0 Å². The molecule has 3 saturated carbocycles. The van der Waals surface area contributed by atoms with Crippen LogP contribution in [0.2, 0.25) is 0 Å². The SMILES string of the molecule is C[C@]12CC[C@@H]3[C@@H]4CCC(=O)C=C4CC[C@]3(O)[C@@H]1CC[C@@H]2C(=O)CO. The Morgan fingerprint density at radius 1 is 1.21 bits per heavy atom. The van der Waals surface area contributed by atoms with Gasteiger partial charge in [0.25, 0.3) is 0 Å². The van der Waals surface area contributed by atoms with Crippen LogP contribution in [0.5, 0.6) is 0 Å². The first-order valence-electron chi connectivity index (χ1n) is 9.49. The molecule has 4 heteroatoms. The van der Waals surface area contributed by atoms with E-state index in [1.807, 2.05) is 6.08 Å². The molecule has 132 valence electrons. The zero-order valence-corrected chi connectivity index (χ0v) is 14.5. The first-order chi connectivity index (χ1) is 11.4. The lowest BCUT2D eigenvalue weighted by Crippen LogP contribution is -2.59. The molecular formula is C20H28O4. The molecule has 0 aromatic heterocycles. The molecule has 0 saturated heterocycles. The highest BCUT2D eigenvalue weighted by Crippen LogP contribution is 2.65. The van der Waals surface area contributed by atoms with Crippen molar-refractivity contribution in [2.75, 3.05) is 6.61 Å². The van der Waals surface area contributed by atoms with Crippen LogP contribution in [0, 0.1) is 29.1 Å². The van der Waals surface area contributed by atoms with Crippen molar-refractivity contribution < 1.29 is 19.8 Å². The Morgan fingerprint density at radius 2 is 2.00 bits per heavy atom. The molecule has 0 aromatic carbocycles. The number of fused-ring (bicyclic) bond motifs is 5. The molecule has 4 rings (SSSR count). The van der Waals surface area contributed by atoms with Gasteiger partial charge in [-0.15, -0.1) is 0 Å². The van der Waals surface area contributed by atoms with E-state index >= 15 is 0 Å². The monoisotopic (exact) mass is 332 g/mol. The fourth-order valence-corrected chi connectivity index (χ4v) is 6.86. The Bertz CT molecular complexity index is 609. The van der Waals surface area contributed by atoms with Crippen molar-refractivity contribution in [2.45, 2.75) is 63.9 Å². The van der Waals surface area contributed by atoms with Crippen LogP contribution in [0.25, 0.3) is 0 Å². The van der Waals surface area contributed by atoms with E-state index in [9.17, 15) is 19.8 Å². The second-order valence-electron chi connectivity index (χ2n) is 8.78. The lowest BCUT2D eigenvalue weighted by atomic mass is 9.49. The van der Waals surface area contributed by atoms with Crippen molar-refractivity contribution in [3.63, 3.8) is 0 Å². The minimum absolute atomic E-state index is 0.0540. The van der Waals surface area contributed by atoms with Gasteiger partial charge in [0, 0.05) is 12.3 Å². The summed E-state index contributed by atoms with van der Waals surface area (Å²) >= 11 is 0. The van der Waals surface area contributed by atoms with Crippen LogP contribution >= 0.6 is 0 Å². The third-order valence-corrected chi connectivity index (χ3v) is 7.94. The molecule has 0 spiro atoms. The van der Waals surface area contributed by atoms with Crippen LogP contribution in [-0.2, 0) is 9.59 Å². The molecule has 0 unspecified atom stereocenters. The number of rotatable bonds is 2. The number of hydrogen-bond donors (Lipinski definition) is 2. The second kappa shape index (κ2) is 5.50. The normalized spacial score (nSPS) is 47.5. The Hall–Kier alpha value is -1.00. The summed E-state index contributed by atoms with van der Waals surface area (Å²) in [5.74, 6) is 0.791. The largest absolute Gasteiger partial charge is 0.389 e. The number of Topliss-reactive ketones (excluding diaryl/α,β-unsaturated/α-hetero) is 1. The molecule has 0 amide bonds. The van der Waals surface area contributed by atoms with Gasteiger partial charge in [-0.25, -0.2) is 0 Å². The first-order valence-corrected chi connectivity index (χ1v) is 9.49. The lowest BCUT2D eigenvalue weighted by molar-refractivity contribution is -0.173. The summed E-state index contributed by atoms with van der Waals surface area (Å²) in [4.78, 5) is 24.0. The Labute approximate surface area is 143 Å². The standard InChI is InChI=1S/C20H28O4/c1-19-8-7-15-14-3-2-13(22)10-12(14)6-9-20(15,24)18(19)5-4-16(19)17(23)11-21/h10,14-16,18,21,24H,2-9,11H2,1H3/t14-,15-,16-,18-,19-,20-/m1/s1. The zero-order valence-electron chi connectivity index (χ0n) is 14.5. The number of carbonyl (C=O) groups is 2. The number of carbonyl (C=O) groups excluding carboxylic acids is 2. The van der Waals surface area contributed by atoms with E-state index in [2.05, 4.69) is 6.92 Å². The molecule has 0 heterocycles. The van der Waals surface area contributed by atoms with Gasteiger partial charge in [-0.1, -0.05) is 12.5 Å². The fraction of sp³-hybridized carbons (Fsp3) is 0.800. The van der Waals surface area contributed by atoms with Gasteiger partial charge in [-0.2, -0.15) is 0 Å². The topological polar surface area (TPSA) is 74.6 Å². The van der Waals surface area contributed by atoms with Crippen LogP contribution in [0.1, 0.15) is 58.3 Å². The first kappa shape index (κ1) is 16.5. The minimum Gasteiger partial charge on any atom is -0.389 e. The van der Waals surface area contributed by atoms with E-state index in [4.69, 9.17) is 0 Å². The Morgan fingerprint density at radius 3 is 2.75 bits per heavy atom. The van der Waals surface area contributed by atoms with Crippen LogP contribution in [0.15, 0.2) is 11.6 Å². The average molecular weight is 332 g/mol. The molecule has 4 aliphatic carbocycles. The third-order valence-electron chi connectivity index (χ3n) is 7.94. The van der Waals surface area contributed by atoms with E-state index in [-0.39, 0.29) is 41.3 Å². The van der Waals surface area contributed by atoms with Crippen molar-refractivity contribution in [3.8, 4) is 0 Å². The third kappa shape index (κ3) is 2.12. The van der Waals surface area contributed by atoms with Crippen LogP contribution in [0.4, 0.5) is 0 Å². The molecule has 0 aliphatic heterocycles. The number of ketones is 2. The number of aliphatic hydroxyl groups excluding tert-OH is 1. The average Bonchev–Trinajstić information content (AvgIpc) is 2.92. The van der Waals surface area contributed by atoms with E-state index in [1.165, 1.54) is 5.57 Å². The second-order valence-corrected chi connectivity index (χ2v) is 8.78.